The second-order valence-electron chi connectivity index (χ2n) is 3.80. The summed E-state index contributed by atoms with van der Waals surface area (Å²) in [6, 6.07) is 9.50. The summed E-state index contributed by atoms with van der Waals surface area (Å²) in [4.78, 5) is 0.971. The van der Waals surface area contributed by atoms with E-state index in [0.717, 1.165) is 21.4 Å². The van der Waals surface area contributed by atoms with Crippen molar-refractivity contribution in [2.24, 2.45) is 5.73 Å². The zero-order valence-corrected chi connectivity index (χ0v) is 10.5. The number of halogens is 1. The number of para-hydroxylation sites is 1. The van der Waals surface area contributed by atoms with Crippen molar-refractivity contribution in [2.45, 2.75) is 6.04 Å². The molecule has 0 amide bonds. The predicted molar refractivity (Wildman–Crippen MR) is 71.6 cm³/mol. The van der Waals surface area contributed by atoms with Crippen LogP contribution < -0.4 is 5.73 Å². The Morgan fingerprint density at radius 3 is 2.82 bits per heavy atom. The molecule has 2 N–H and O–H groups in total. The first-order valence-electron chi connectivity index (χ1n) is 5.22. The van der Waals surface area contributed by atoms with Crippen LogP contribution in [0.4, 0.5) is 0 Å². The third-order valence-electron chi connectivity index (χ3n) is 2.77. The number of fused-ring (bicyclic) bond motifs is 1. The summed E-state index contributed by atoms with van der Waals surface area (Å²) in [5.74, 6) is 0. The molecule has 0 saturated carbocycles. The molecule has 17 heavy (non-hydrogen) atoms. The molecule has 1 unspecified atom stereocenters. The lowest BCUT2D eigenvalue weighted by Gasteiger charge is -2.08. The van der Waals surface area contributed by atoms with Crippen LogP contribution in [0.2, 0.25) is 5.02 Å². The number of hydrogen-bond donors (Lipinski definition) is 1. The molecule has 1 atom stereocenters. The van der Waals surface area contributed by atoms with Crippen molar-refractivity contribution >= 4 is 33.9 Å². The monoisotopic (exact) mass is 263 g/mol. The lowest BCUT2D eigenvalue weighted by Crippen LogP contribution is -2.09. The number of hydrogen-bond acceptors (Lipinski definition) is 3. The van der Waals surface area contributed by atoms with E-state index < -0.39 is 0 Å². The fourth-order valence-electron chi connectivity index (χ4n) is 1.91. The van der Waals surface area contributed by atoms with Crippen LogP contribution >= 0.6 is 22.9 Å². The average Bonchev–Trinajstić information content (AvgIpc) is 2.94. The highest BCUT2D eigenvalue weighted by Crippen LogP contribution is 2.35. The second-order valence-corrected chi connectivity index (χ2v) is 5.15. The van der Waals surface area contributed by atoms with E-state index in [1.165, 1.54) is 0 Å². The van der Waals surface area contributed by atoms with Gasteiger partial charge in [0.25, 0.3) is 0 Å². The van der Waals surface area contributed by atoms with Gasteiger partial charge in [0.2, 0.25) is 0 Å². The standard InChI is InChI=1S/C13H10ClNOS/c14-10-5-6-17-13(10)12(15)9-7-16-11-4-2-1-3-8(9)11/h1-7,12H,15H2. The van der Waals surface area contributed by atoms with Crippen LogP contribution in [0.3, 0.4) is 0 Å². The molecule has 4 heteroatoms. The summed E-state index contributed by atoms with van der Waals surface area (Å²) >= 11 is 7.67. The van der Waals surface area contributed by atoms with E-state index in [0.29, 0.717) is 5.02 Å². The Hall–Kier alpha value is -1.29. The minimum Gasteiger partial charge on any atom is -0.464 e. The number of nitrogens with two attached hydrogens (primary N) is 1. The molecular formula is C13H10ClNOS. The van der Waals surface area contributed by atoms with Gasteiger partial charge in [-0.3, -0.25) is 0 Å². The Labute approximate surface area is 108 Å². The van der Waals surface area contributed by atoms with Crippen LogP contribution in [0.1, 0.15) is 16.5 Å². The van der Waals surface area contributed by atoms with E-state index in [9.17, 15) is 0 Å². The molecule has 0 fully saturated rings. The van der Waals surface area contributed by atoms with E-state index >= 15 is 0 Å². The second kappa shape index (κ2) is 4.18. The van der Waals surface area contributed by atoms with Crippen molar-refractivity contribution in [3.63, 3.8) is 0 Å². The van der Waals surface area contributed by atoms with Gasteiger partial charge >= 0.3 is 0 Å². The molecule has 2 aromatic heterocycles. The first-order valence-corrected chi connectivity index (χ1v) is 6.47. The predicted octanol–water partition coefficient (Wildman–Crippen LogP) is 4.20. The van der Waals surface area contributed by atoms with E-state index in [-0.39, 0.29) is 6.04 Å². The highest BCUT2D eigenvalue weighted by atomic mass is 35.5. The number of furan rings is 1. The van der Waals surface area contributed by atoms with Crippen molar-refractivity contribution in [3.8, 4) is 0 Å². The summed E-state index contributed by atoms with van der Waals surface area (Å²) in [7, 11) is 0. The summed E-state index contributed by atoms with van der Waals surface area (Å²) in [6.07, 6.45) is 1.71. The number of thiophene rings is 1. The van der Waals surface area contributed by atoms with Crippen LogP contribution in [-0.2, 0) is 0 Å². The molecule has 3 rings (SSSR count). The summed E-state index contributed by atoms with van der Waals surface area (Å²) < 4.78 is 5.49. The Balaban J connectivity index is 2.13. The molecule has 0 saturated heterocycles. The minimum absolute atomic E-state index is 0.230. The van der Waals surface area contributed by atoms with Gasteiger partial charge in [-0.25, -0.2) is 0 Å². The van der Waals surface area contributed by atoms with Gasteiger partial charge in [-0.1, -0.05) is 29.8 Å². The molecule has 0 aliphatic rings. The normalized spacial score (nSPS) is 13.1. The molecule has 1 aromatic carbocycles. The number of rotatable bonds is 2. The summed E-state index contributed by atoms with van der Waals surface area (Å²) in [6.45, 7) is 0. The zero-order chi connectivity index (χ0) is 11.8. The van der Waals surface area contributed by atoms with E-state index in [1.54, 1.807) is 17.6 Å². The molecule has 0 aliphatic carbocycles. The zero-order valence-electron chi connectivity index (χ0n) is 8.89. The maximum absolute atomic E-state index is 6.24. The average molecular weight is 264 g/mol. The molecule has 0 aliphatic heterocycles. The van der Waals surface area contributed by atoms with Crippen LogP contribution in [0.25, 0.3) is 11.0 Å². The van der Waals surface area contributed by atoms with Gasteiger partial charge in [-0.15, -0.1) is 11.3 Å². The Bertz CT molecular complexity index is 658. The maximum atomic E-state index is 6.24. The van der Waals surface area contributed by atoms with E-state index in [2.05, 4.69) is 0 Å². The van der Waals surface area contributed by atoms with Crippen molar-refractivity contribution in [3.05, 3.63) is 57.4 Å². The topological polar surface area (TPSA) is 39.2 Å². The number of benzene rings is 1. The SMILES string of the molecule is NC(c1sccc1Cl)c1coc2ccccc12. The van der Waals surface area contributed by atoms with Gasteiger partial charge < -0.3 is 10.2 Å². The van der Waals surface area contributed by atoms with E-state index in [4.69, 9.17) is 21.8 Å². The smallest absolute Gasteiger partial charge is 0.134 e. The molecule has 0 spiro atoms. The van der Waals surface area contributed by atoms with Crippen molar-refractivity contribution in [1.29, 1.82) is 0 Å². The summed E-state index contributed by atoms with van der Waals surface area (Å²) in [5, 5.41) is 3.71. The first-order chi connectivity index (χ1) is 8.27. The molecule has 2 heterocycles. The van der Waals surface area contributed by atoms with Gasteiger partial charge in [-0.2, -0.15) is 0 Å². The van der Waals surface area contributed by atoms with Gasteiger partial charge in [0, 0.05) is 15.8 Å². The molecule has 0 bridgehead atoms. The van der Waals surface area contributed by atoms with Crippen molar-refractivity contribution < 1.29 is 4.42 Å². The van der Waals surface area contributed by atoms with Crippen LogP contribution in [0, 0.1) is 0 Å². The van der Waals surface area contributed by atoms with Gasteiger partial charge in [0.05, 0.1) is 17.3 Å². The minimum atomic E-state index is -0.230. The highest BCUT2D eigenvalue weighted by Gasteiger charge is 2.18. The third kappa shape index (κ3) is 1.76. The molecular weight excluding hydrogens is 254 g/mol. The van der Waals surface area contributed by atoms with Crippen molar-refractivity contribution in [1.82, 2.24) is 0 Å². The maximum Gasteiger partial charge on any atom is 0.134 e. The van der Waals surface area contributed by atoms with Crippen LogP contribution in [0.15, 0.2) is 46.4 Å². The Kier molecular flexibility index (Phi) is 2.67. The fourth-order valence-corrected chi connectivity index (χ4v) is 3.10. The molecule has 3 aromatic rings. The van der Waals surface area contributed by atoms with Gasteiger partial charge in [0.1, 0.15) is 5.58 Å². The third-order valence-corrected chi connectivity index (χ3v) is 4.21. The molecule has 0 radical (unpaired) electrons. The molecule has 86 valence electrons. The Morgan fingerprint density at radius 1 is 1.24 bits per heavy atom. The summed E-state index contributed by atoms with van der Waals surface area (Å²) in [5.41, 5.74) is 8.07. The van der Waals surface area contributed by atoms with Gasteiger partial charge in [-0.05, 0) is 17.5 Å². The van der Waals surface area contributed by atoms with Gasteiger partial charge in [0.15, 0.2) is 0 Å². The lowest BCUT2D eigenvalue weighted by molar-refractivity contribution is 0.607. The quantitative estimate of drug-likeness (QED) is 0.753. The van der Waals surface area contributed by atoms with Crippen molar-refractivity contribution in [2.75, 3.05) is 0 Å². The van der Waals surface area contributed by atoms with E-state index in [1.807, 2.05) is 35.7 Å². The fraction of sp³-hybridized carbons (Fsp3) is 0.0769. The Morgan fingerprint density at radius 2 is 2.06 bits per heavy atom. The van der Waals surface area contributed by atoms with Crippen LogP contribution in [0.5, 0.6) is 0 Å². The highest BCUT2D eigenvalue weighted by molar-refractivity contribution is 7.10. The lowest BCUT2D eigenvalue weighted by atomic mass is 10.1. The molecule has 2 nitrogen and oxygen atoms in total. The first kappa shape index (κ1) is 10.8. The largest absolute Gasteiger partial charge is 0.464 e. The van der Waals surface area contributed by atoms with Crippen LogP contribution in [-0.4, -0.2) is 0 Å².